The van der Waals surface area contributed by atoms with Crippen LogP contribution < -0.4 is 14.2 Å². The van der Waals surface area contributed by atoms with Crippen molar-refractivity contribution >= 4 is 50.4 Å². The maximum atomic E-state index is 14.7. The number of carbonyl (C=O) groups is 4. The Kier molecular flexibility index (Phi) is 10.4. The van der Waals surface area contributed by atoms with Crippen LogP contribution in [0.1, 0.15) is 83.1 Å². The summed E-state index contributed by atoms with van der Waals surface area (Å²) in [5.41, 5.74) is -0.459. The molecule has 53 heavy (non-hydrogen) atoms. The van der Waals surface area contributed by atoms with Crippen LogP contribution in [0.4, 0.5) is 0 Å². The fourth-order valence-corrected chi connectivity index (χ4v) is 9.87. The number of cyclic esters (lactones) is 1. The molecule has 2 aromatic rings. The van der Waals surface area contributed by atoms with Gasteiger partial charge in [0.05, 0.1) is 49.3 Å². The number of allylic oxidation sites excluding steroid dienone is 2. The maximum absolute atomic E-state index is 14.7. The molecule has 2 amide bonds. The van der Waals surface area contributed by atoms with Crippen molar-refractivity contribution in [2.45, 2.75) is 94.9 Å². The van der Waals surface area contributed by atoms with E-state index in [0.29, 0.717) is 30.9 Å². The molecular weight excluding hydrogens is 699 g/mol. The molecule has 3 saturated carbocycles. The molecule has 13 heteroatoms. The lowest BCUT2D eigenvalue weighted by Gasteiger charge is -2.31. The zero-order chi connectivity index (χ0) is 37.5. The van der Waals surface area contributed by atoms with Crippen LogP contribution in [0.2, 0.25) is 0 Å². The first-order chi connectivity index (χ1) is 25.4. The lowest BCUT2D eigenvalue weighted by molar-refractivity contribution is -0.152. The van der Waals surface area contributed by atoms with Crippen LogP contribution in [0.3, 0.4) is 0 Å². The van der Waals surface area contributed by atoms with E-state index in [1.54, 1.807) is 19.4 Å². The van der Waals surface area contributed by atoms with Gasteiger partial charge in [-0.25, -0.2) is 13.4 Å². The molecule has 1 saturated heterocycles. The third-order valence-electron chi connectivity index (χ3n) is 11.9. The molecule has 2 aliphatic heterocycles. The summed E-state index contributed by atoms with van der Waals surface area (Å²) in [4.78, 5) is 62.2. The fourth-order valence-electron chi connectivity index (χ4n) is 8.49. The Morgan fingerprint density at radius 1 is 1.17 bits per heavy atom. The molecule has 1 aromatic carbocycles. The van der Waals surface area contributed by atoms with E-state index >= 15 is 0 Å². The molecule has 0 unspecified atom stereocenters. The Morgan fingerprint density at radius 3 is 2.64 bits per heavy atom. The molecule has 1 N–H and O–H groups in total. The molecule has 7 rings (SSSR count). The smallest absolute Gasteiger partial charge is 0.306 e. The molecule has 5 aliphatic rings. The predicted molar refractivity (Wildman–Crippen MR) is 197 cm³/mol. The van der Waals surface area contributed by atoms with E-state index < -0.39 is 50.6 Å². The Labute approximate surface area is 310 Å². The summed E-state index contributed by atoms with van der Waals surface area (Å²) in [6.07, 6.45) is 11.8. The molecule has 12 nitrogen and oxygen atoms in total. The summed E-state index contributed by atoms with van der Waals surface area (Å²) < 4.78 is 45.7. The first-order valence-corrected chi connectivity index (χ1v) is 20.4. The molecule has 284 valence electrons. The predicted octanol–water partition coefficient (Wildman–Crippen LogP) is 5.14. The highest BCUT2D eigenvalue weighted by Gasteiger charge is 2.61. The molecule has 3 heterocycles. The Balaban J connectivity index is 1.23. The number of Topliss-reactive ketones (excluding diaryl/α,β-unsaturated/α-hetero) is 1. The monoisotopic (exact) mass is 747 g/mol. The number of sulfonamides is 1. The quantitative estimate of drug-likeness (QED) is 0.269. The van der Waals surface area contributed by atoms with Gasteiger partial charge in [0.25, 0.3) is 0 Å². The van der Waals surface area contributed by atoms with Gasteiger partial charge in [-0.3, -0.25) is 23.9 Å². The lowest BCUT2D eigenvalue weighted by Crippen LogP contribution is -2.47. The molecular formula is C40H49N3O9S. The summed E-state index contributed by atoms with van der Waals surface area (Å²) in [6.45, 7) is 6.10. The number of hydrogen-bond acceptors (Lipinski definition) is 10. The fraction of sp³-hybridized carbons (Fsp3) is 0.575. The van der Waals surface area contributed by atoms with Crippen LogP contribution in [0, 0.1) is 29.1 Å². The van der Waals surface area contributed by atoms with Crippen molar-refractivity contribution in [3.63, 3.8) is 0 Å². The lowest BCUT2D eigenvalue weighted by atomic mass is 9.86. The number of carbonyl (C=O) groups excluding carboxylic acids is 4. The number of esters is 1. The highest BCUT2D eigenvalue weighted by molar-refractivity contribution is 7.90. The number of ether oxygens (including phenoxy) is 3. The first kappa shape index (κ1) is 37.1. The number of nitrogens with zero attached hydrogens (tertiary/aromatic N) is 2. The van der Waals surface area contributed by atoms with Crippen LogP contribution >= 0.6 is 0 Å². The minimum Gasteiger partial charge on any atom is -0.496 e. The van der Waals surface area contributed by atoms with Gasteiger partial charge in [-0.05, 0) is 79.9 Å². The third-order valence-corrected chi connectivity index (χ3v) is 13.7. The van der Waals surface area contributed by atoms with E-state index in [0.717, 1.165) is 42.0 Å². The molecule has 6 atom stereocenters. The zero-order valence-corrected chi connectivity index (χ0v) is 31.3. The number of rotatable bonds is 9. The van der Waals surface area contributed by atoms with E-state index in [1.807, 2.05) is 37.3 Å². The number of aromatic nitrogens is 1. The van der Waals surface area contributed by atoms with E-state index in [4.69, 9.17) is 14.2 Å². The van der Waals surface area contributed by atoms with Gasteiger partial charge in [0, 0.05) is 30.0 Å². The average molecular weight is 748 g/mol. The van der Waals surface area contributed by atoms with Crippen molar-refractivity contribution in [3.8, 4) is 11.6 Å². The molecule has 3 aliphatic carbocycles. The number of methoxy groups -OCH3 is 1. The molecule has 4 fully saturated rings. The van der Waals surface area contributed by atoms with E-state index in [2.05, 4.69) is 16.3 Å². The van der Waals surface area contributed by atoms with E-state index in [9.17, 15) is 27.6 Å². The van der Waals surface area contributed by atoms with Crippen LogP contribution in [0.15, 0.2) is 43.1 Å². The topological polar surface area (TPSA) is 158 Å². The summed E-state index contributed by atoms with van der Waals surface area (Å²) >= 11 is 0. The van der Waals surface area contributed by atoms with Crippen molar-refractivity contribution in [2.75, 3.05) is 20.3 Å². The largest absolute Gasteiger partial charge is 0.496 e. The standard InChI is InChI=1S/C40H49N3O9S/c1-4-28-20-40(28,39(47)42-53(48,49)30-12-13-30)21-34(44)33-18-29-22-43(33)38(46)32(25-9-5-6-10-25)19-36(45)51-23-24(2)8-7-11-27-16-31-26(17-35(27)50-3)14-15-41-37(31)52-29/h4,7,11,14-17,24-25,28-30,32-33H,1,5-6,8-10,12-13,18-23H2,2-3H3,(H,42,47)/b11-7+/t24-,28-,29+,32-,33-,40+/m0/s1. The summed E-state index contributed by atoms with van der Waals surface area (Å²) in [5, 5.41) is 0.987. The number of benzene rings is 1. The number of fused-ring (bicyclic) bond motifs is 3. The number of pyridine rings is 1. The second-order valence-corrected chi connectivity index (χ2v) is 17.7. The van der Waals surface area contributed by atoms with Gasteiger partial charge in [0.15, 0.2) is 5.78 Å². The summed E-state index contributed by atoms with van der Waals surface area (Å²) in [5.74, 6) is -1.88. The zero-order valence-electron chi connectivity index (χ0n) is 30.5. The number of ketones is 1. The van der Waals surface area contributed by atoms with Gasteiger partial charge in [0.2, 0.25) is 27.7 Å². The van der Waals surface area contributed by atoms with Gasteiger partial charge >= 0.3 is 5.97 Å². The normalized spacial score (nSPS) is 30.2. The maximum Gasteiger partial charge on any atom is 0.306 e. The van der Waals surface area contributed by atoms with Crippen LogP contribution in [0.5, 0.6) is 11.6 Å². The summed E-state index contributed by atoms with van der Waals surface area (Å²) in [7, 11) is -2.23. The Hall–Kier alpha value is -4.26. The molecule has 0 radical (unpaired) electrons. The van der Waals surface area contributed by atoms with Crippen molar-refractivity contribution in [1.82, 2.24) is 14.6 Å². The van der Waals surface area contributed by atoms with Crippen molar-refractivity contribution in [1.29, 1.82) is 0 Å². The highest BCUT2D eigenvalue weighted by atomic mass is 32.2. The van der Waals surface area contributed by atoms with Crippen LogP contribution in [0.25, 0.3) is 16.8 Å². The highest BCUT2D eigenvalue weighted by Crippen LogP contribution is 2.57. The number of hydrogen-bond donors (Lipinski definition) is 1. The second kappa shape index (κ2) is 14.9. The van der Waals surface area contributed by atoms with Crippen molar-refractivity contribution < 1.29 is 41.8 Å². The molecule has 0 spiro atoms. The summed E-state index contributed by atoms with van der Waals surface area (Å²) in [6, 6.07) is 4.76. The van der Waals surface area contributed by atoms with Gasteiger partial charge in [0.1, 0.15) is 11.9 Å². The van der Waals surface area contributed by atoms with Gasteiger partial charge in [-0.15, -0.1) is 6.58 Å². The molecule has 1 aromatic heterocycles. The van der Waals surface area contributed by atoms with Crippen LogP contribution in [-0.4, -0.2) is 79.5 Å². The second-order valence-electron chi connectivity index (χ2n) is 15.7. The minimum absolute atomic E-state index is 0.0219. The molecule has 4 bridgehead atoms. The van der Waals surface area contributed by atoms with E-state index in [-0.39, 0.29) is 68.3 Å². The Bertz CT molecular complexity index is 1940. The Morgan fingerprint density at radius 2 is 1.94 bits per heavy atom. The van der Waals surface area contributed by atoms with Gasteiger partial charge < -0.3 is 19.1 Å². The average Bonchev–Trinajstić information content (AvgIpc) is 4.01. The third kappa shape index (κ3) is 7.72. The van der Waals surface area contributed by atoms with Crippen LogP contribution in [-0.2, 0) is 33.9 Å². The van der Waals surface area contributed by atoms with Crippen molar-refractivity contribution in [2.24, 2.45) is 29.1 Å². The minimum atomic E-state index is -3.84. The van der Waals surface area contributed by atoms with Gasteiger partial charge in [-0.2, -0.15) is 0 Å². The first-order valence-electron chi connectivity index (χ1n) is 18.9. The van der Waals surface area contributed by atoms with Gasteiger partial charge in [-0.1, -0.05) is 38.0 Å². The van der Waals surface area contributed by atoms with Crippen molar-refractivity contribution in [3.05, 3.63) is 48.7 Å². The number of nitrogens with one attached hydrogen (secondary N) is 1. The SMILES string of the molecule is C=C[C@H]1C[C@]1(CC(=O)[C@@H]1C[C@@H]2CN1C(=O)[C@H](C1CCCC1)CC(=O)OC[C@@H](C)C/C=C/c1cc3c(nccc3cc1OC)O2)C(=O)NS(=O)(=O)C1CC1. The van der Waals surface area contributed by atoms with E-state index in [1.165, 1.54) is 4.90 Å². The number of amides is 2.